The number of amides is 1. The molecular formula is C22H29FIN5O. The first-order valence-corrected chi connectivity index (χ1v) is 9.96. The van der Waals surface area contributed by atoms with Crippen molar-refractivity contribution in [2.75, 3.05) is 44.7 Å². The summed E-state index contributed by atoms with van der Waals surface area (Å²) in [5.74, 6) is 0.551. The fourth-order valence-electron chi connectivity index (χ4n) is 3.41. The highest BCUT2D eigenvalue weighted by atomic mass is 127. The van der Waals surface area contributed by atoms with Crippen molar-refractivity contribution in [1.29, 1.82) is 0 Å². The standard InChI is InChI=1S/C22H28FN5O.HI/c1-3-25-22(26-16-17-7-6-8-18(15-17)21(29)24-2)28-13-11-27(12-14-28)20-10-5-4-9-19(20)23;/h4-10,15H,3,11-14,16H2,1-2H3,(H,24,29)(H,25,26);1H. The molecule has 8 heteroatoms. The fourth-order valence-corrected chi connectivity index (χ4v) is 3.41. The van der Waals surface area contributed by atoms with Crippen LogP contribution in [0.25, 0.3) is 0 Å². The molecule has 0 aromatic heterocycles. The summed E-state index contributed by atoms with van der Waals surface area (Å²) < 4.78 is 14.1. The summed E-state index contributed by atoms with van der Waals surface area (Å²) in [6.45, 7) is 6.29. The first-order valence-electron chi connectivity index (χ1n) is 9.96. The van der Waals surface area contributed by atoms with Gasteiger partial charge in [0.2, 0.25) is 0 Å². The Morgan fingerprint density at radius 2 is 1.83 bits per heavy atom. The van der Waals surface area contributed by atoms with Crippen molar-refractivity contribution in [2.45, 2.75) is 13.5 Å². The van der Waals surface area contributed by atoms with E-state index in [0.717, 1.165) is 44.2 Å². The molecule has 2 aromatic carbocycles. The van der Waals surface area contributed by atoms with Gasteiger partial charge in [-0.05, 0) is 36.8 Å². The Labute approximate surface area is 194 Å². The lowest BCUT2D eigenvalue weighted by Crippen LogP contribution is -2.52. The molecule has 0 aliphatic carbocycles. The highest BCUT2D eigenvalue weighted by Gasteiger charge is 2.21. The molecule has 1 fully saturated rings. The van der Waals surface area contributed by atoms with Crippen LogP contribution in [0.15, 0.2) is 53.5 Å². The van der Waals surface area contributed by atoms with E-state index in [1.165, 1.54) is 6.07 Å². The number of piperazine rings is 1. The quantitative estimate of drug-likeness (QED) is 0.358. The molecule has 3 rings (SSSR count). The van der Waals surface area contributed by atoms with E-state index in [4.69, 9.17) is 4.99 Å². The molecule has 1 heterocycles. The Morgan fingerprint density at radius 3 is 2.50 bits per heavy atom. The van der Waals surface area contributed by atoms with Crippen LogP contribution in [0.3, 0.4) is 0 Å². The molecular weight excluding hydrogens is 496 g/mol. The van der Waals surface area contributed by atoms with E-state index >= 15 is 0 Å². The lowest BCUT2D eigenvalue weighted by atomic mass is 10.1. The van der Waals surface area contributed by atoms with Crippen LogP contribution >= 0.6 is 24.0 Å². The molecule has 6 nitrogen and oxygen atoms in total. The molecule has 2 aromatic rings. The molecule has 1 aliphatic heterocycles. The smallest absolute Gasteiger partial charge is 0.251 e. The maximum absolute atomic E-state index is 14.1. The van der Waals surface area contributed by atoms with Gasteiger partial charge in [-0.1, -0.05) is 24.3 Å². The second-order valence-electron chi connectivity index (χ2n) is 6.88. The van der Waals surface area contributed by atoms with Gasteiger partial charge in [0.15, 0.2) is 5.96 Å². The van der Waals surface area contributed by atoms with Crippen molar-refractivity contribution in [3.05, 3.63) is 65.5 Å². The SMILES string of the molecule is CCNC(=NCc1cccc(C(=O)NC)c1)N1CCN(c2ccccc2F)CC1.I. The summed E-state index contributed by atoms with van der Waals surface area (Å²) in [7, 11) is 1.62. The predicted octanol–water partition coefficient (Wildman–Crippen LogP) is 3.09. The van der Waals surface area contributed by atoms with Crippen molar-refractivity contribution in [3.63, 3.8) is 0 Å². The van der Waals surface area contributed by atoms with E-state index in [0.29, 0.717) is 17.8 Å². The van der Waals surface area contributed by atoms with E-state index < -0.39 is 0 Å². The zero-order valence-electron chi connectivity index (χ0n) is 17.4. The monoisotopic (exact) mass is 525 g/mol. The number of hydrogen-bond acceptors (Lipinski definition) is 3. The van der Waals surface area contributed by atoms with Gasteiger partial charge in [-0.15, -0.1) is 24.0 Å². The molecule has 0 atom stereocenters. The number of benzene rings is 2. The Balaban J connectivity index is 0.00000320. The Morgan fingerprint density at radius 1 is 1.10 bits per heavy atom. The highest BCUT2D eigenvalue weighted by molar-refractivity contribution is 14.0. The molecule has 2 N–H and O–H groups in total. The summed E-state index contributed by atoms with van der Waals surface area (Å²) in [4.78, 5) is 20.9. The molecule has 0 radical (unpaired) electrons. The first kappa shape index (κ1) is 23.9. The molecule has 1 amide bonds. The maximum atomic E-state index is 14.1. The zero-order chi connectivity index (χ0) is 20.6. The van der Waals surface area contributed by atoms with Crippen LogP contribution in [0.4, 0.5) is 10.1 Å². The van der Waals surface area contributed by atoms with Crippen LogP contribution < -0.4 is 15.5 Å². The topological polar surface area (TPSA) is 60.0 Å². The first-order chi connectivity index (χ1) is 14.1. The van der Waals surface area contributed by atoms with Crippen LogP contribution in [-0.4, -0.2) is 56.5 Å². The number of carbonyl (C=O) groups excluding carboxylic acids is 1. The largest absolute Gasteiger partial charge is 0.366 e. The molecule has 0 bridgehead atoms. The third kappa shape index (κ3) is 6.07. The van der Waals surface area contributed by atoms with Crippen LogP contribution in [-0.2, 0) is 6.54 Å². The van der Waals surface area contributed by atoms with Gasteiger partial charge in [0.25, 0.3) is 5.91 Å². The van der Waals surface area contributed by atoms with E-state index in [-0.39, 0.29) is 35.7 Å². The van der Waals surface area contributed by atoms with E-state index in [1.54, 1.807) is 19.2 Å². The highest BCUT2D eigenvalue weighted by Crippen LogP contribution is 2.20. The summed E-state index contributed by atoms with van der Waals surface area (Å²) in [6, 6.07) is 14.4. The number of guanidine groups is 1. The molecule has 1 aliphatic rings. The second kappa shape index (κ2) is 11.7. The van der Waals surface area contributed by atoms with Crippen molar-refractivity contribution in [3.8, 4) is 0 Å². The van der Waals surface area contributed by atoms with Crippen LogP contribution in [0.1, 0.15) is 22.8 Å². The van der Waals surface area contributed by atoms with Gasteiger partial charge in [-0.2, -0.15) is 0 Å². The predicted molar refractivity (Wildman–Crippen MR) is 130 cm³/mol. The third-order valence-corrected chi connectivity index (χ3v) is 4.93. The average molecular weight is 525 g/mol. The molecule has 0 spiro atoms. The minimum Gasteiger partial charge on any atom is -0.366 e. The molecule has 1 saturated heterocycles. The number of anilines is 1. The van der Waals surface area contributed by atoms with Gasteiger partial charge in [0, 0.05) is 45.3 Å². The van der Waals surface area contributed by atoms with Crippen molar-refractivity contribution in [1.82, 2.24) is 15.5 Å². The van der Waals surface area contributed by atoms with E-state index in [2.05, 4.69) is 20.4 Å². The van der Waals surface area contributed by atoms with E-state index in [9.17, 15) is 9.18 Å². The average Bonchev–Trinajstić information content (AvgIpc) is 2.77. The van der Waals surface area contributed by atoms with Crippen molar-refractivity contribution in [2.24, 2.45) is 4.99 Å². The minimum absolute atomic E-state index is 0. The number of nitrogens with one attached hydrogen (secondary N) is 2. The Bertz CT molecular complexity index is 868. The Kier molecular flexibility index (Phi) is 9.35. The molecule has 162 valence electrons. The summed E-state index contributed by atoms with van der Waals surface area (Å²) in [5.41, 5.74) is 2.26. The lowest BCUT2D eigenvalue weighted by Gasteiger charge is -2.37. The van der Waals surface area contributed by atoms with Crippen LogP contribution in [0.5, 0.6) is 0 Å². The van der Waals surface area contributed by atoms with Gasteiger partial charge in [-0.25, -0.2) is 9.38 Å². The van der Waals surface area contributed by atoms with Gasteiger partial charge < -0.3 is 20.4 Å². The van der Waals surface area contributed by atoms with Gasteiger partial charge in [0.1, 0.15) is 5.82 Å². The van der Waals surface area contributed by atoms with Gasteiger partial charge in [-0.3, -0.25) is 4.79 Å². The van der Waals surface area contributed by atoms with Gasteiger partial charge >= 0.3 is 0 Å². The van der Waals surface area contributed by atoms with E-state index in [1.807, 2.05) is 37.3 Å². The number of aliphatic imine (C=N–C) groups is 1. The molecule has 0 unspecified atom stereocenters. The van der Waals surface area contributed by atoms with Crippen LogP contribution in [0.2, 0.25) is 0 Å². The number of hydrogen-bond donors (Lipinski definition) is 2. The Hall–Kier alpha value is -2.36. The second-order valence-corrected chi connectivity index (χ2v) is 6.88. The van der Waals surface area contributed by atoms with Crippen molar-refractivity contribution >= 4 is 41.5 Å². The number of nitrogens with zero attached hydrogens (tertiary/aromatic N) is 3. The van der Waals surface area contributed by atoms with Crippen molar-refractivity contribution < 1.29 is 9.18 Å². The van der Waals surface area contributed by atoms with Crippen LogP contribution in [0, 0.1) is 5.82 Å². The number of rotatable bonds is 5. The summed E-state index contributed by atoms with van der Waals surface area (Å²) in [6.07, 6.45) is 0. The third-order valence-electron chi connectivity index (χ3n) is 4.93. The molecule has 0 saturated carbocycles. The lowest BCUT2D eigenvalue weighted by molar-refractivity contribution is 0.0963. The van der Waals surface area contributed by atoms with Gasteiger partial charge in [0.05, 0.1) is 12.2 Å². The summed E-state index contributed by atoms with van der Waals surface area (Å²) in [5, 5.41) is 5.98. The number of carbonyl (C=O) groups is 1. The normalized spacial score (nSPS) is 14.2. The fraction of sp³-hybridized carbons (Fsp3) is 0.364. The zero-order valence-corrected chi connectivity index (χ0v) is 19.7. The number of halogens is 2. The number of para-hydroxylation sites is 1. The molecule has 30 heavy (non-hydrogen) atoms. The maximum Gasteiger partial charge on any atom is 0.251 e. The minimum atomic E-state index is -0.183. The summed E-state index contributed by atoms with van der Waals surface area (Å²) >= 11 is 0.